The van der Waals surface area contributed by atoms with E-state index in [1.807, 2.05) is 0 Å². The molecule has 21 heavy (non-hydrogen) atoms. The molecule has 0 aliphatic carbocycles. The molecule has 0 amide bonds. The molecule has 5 nitrogen and oxygen atoms in total. The average molecular weight is 282 g/mol. The van der Waals surface area contributed by atoms with Crippen molar-refractivity contribution in [1.82, 2.24) is 0 Å². The molecule has 0 unspecified atom stereocenters. The fourth-order valence-electron chi connectivity index (χ4n) is 2.09. The summed E-state index contributed by atoms with van der Waals surface area (Å²) >= 11 is 0. The minimum atomic E-state index is -1.04. The molecule has 0 saturated heterocycles. The second-order valence-corrected chi connectivity index (χ2v) is 4.55. The van der Waals surface area contributed by atoms with Crippen LogP contribution in [0.25, 0.3) is 6.08 Å². The number of aromatic carboxylic acids is 1. The first-order valence-corrected chi connectivity index (χ1v) is 6.15. The first-order valence-electron chi connectivity index (χ1n) is 6.15. The Morgan fingerprint density at radius 3 is 2.71 bits per heavy atom. The molecule has 0 saturated carbocycles. The van der Waals surface area contributed by atoms with Crippen molar-refractivity contribution in [2.45, 2.75) is 0 Å². The van der Waals surface area contributed by atoms with E-state index < -0.39 is 5.97 Å². The van der Waals surface area contributed by atoms with Gasteiger partial charge in [0.2, 0.25) is 5.78 Å². The van der Waals surface area contributed by atoms with Crippen LogP contribution in [0.3, 0.4) is 0 Å². The maximum absolute atomic E-state index is 12.1. The molecule has 0 bridgehead atoms. The molecule has 0 fully saturated rings. The number of ether oxygens (including phenoxy) is 1. The van der Waals surface area contributed by atoms with Crippen LogP contribution in [-0.4, -0.2) is 22.0 Å². The summed E-state index contributed by atoms with van der Waals surface area (Å²) in [6, 6.07) is 10.4. The highest BCUT2D eigenvalue weighted by molar-refractivity contribution is 6.14. The predicted octanol–water partition coefficient (Wildman–Crippen LogP) is 2.71. The number of ketones is 1. The number of rotatable bonds is 2. The third-order valence-corrected chi connectivity index (χ3v) is 3.08. The molecule has 1 heterocycles. The number of carbonyl (C=O) groups is 2. The van der Waals surface area contributed by atoms with Crippen molar-refractivity contribution >= 4 is 17.8 Å². The Bertz CT molecular complexity index is 789. The van der Waals surface area contributed by atoms with Gasteiger partial charge in [0, 0.05) is 6.07 Å². The van der Waals surface area contributed by atoms with Gasteiger partial charge in [0.05, 0.1) is 11.1 Å². The summed E-state index contributed by atoms with van der Waals surface area (Å²) in [4.78, 5) is 23.1. The van der Waals surface area contributed by atoms with Crippen LogP contribution in [0.2, 0.25) is 0 Å². The molecule has 2 aromatic rings. The van der Waals surface area contributed by atoms with Crippen molar-refractivity contribution in [3.63, 3.8) is 0 Å². The molecule has 0 spiro atoms. The number of hydrogen-bond acceptors (Lipinski definition) is 4. The fourth-order valence-corrected chi connectivity index (χ4v) is 2.09. The van der Waals surface area contributed by atoms with Gasteiger partial charge in [0.25, 0.3) is 0 Å². The van der Waals surface area contributed by atoms with E-state index in [9.17, 15) is 14.7 Å². The Kier molecular flexibility index (Phi) is 2.95. The summed E-state index contributed by atoms with van der Waals surface area (Å²) in [7, 11) is 0. The molecule has 3 rings (SSSR count). The molecule has 1 aliphatic heterocycles. The lowest BCUT2D eigenvalue weighted by atomic mass is 10.1. The lowest BCUT2D eigenvalue weighted by Crippen LogP contribution is -1.99. The highest BCUT2D eigenvalue weighted by Gasteiger charge is 2.27. The maximum Gasteiger partial charge on any atom is 0.335 e. The SMILES string of the molecule is O=C(O)c1cccc(/C=C2\Oc3cc(O)ccc3C2=O)c1. The number of phenolic OH excluding ortho intramolecular Hbond substituents is 1. The van der Waals surface area contributed by atoms with Crippen molar-refractivity contribution in [3.05, 3.63) is 64.9 Å². The summed E-state index contributed by atoms with van der Waals surface area (Å²) < 4.78 is 5.41. The van der Waals surface area contributed by atoms with Gasteiger partial charge in [0.1, 0.15) is 11.5 Å². The van der Waals surface area contributed by atoms with Gasteiger partial charge < -0.3 is 14.9 Å². The topological polar surface area (TPSA) is 83.8 Å². The molecule has 0 radical (unpaired) electrons. The number of benzene rings is 2. The molecule has 0 aromatic heterocycles. The van der Waals surface area contributed by atoms with E-state index in [0.29, 0.717) is 16.9 Å². The van der Waals surface area contributed by atoms with Gasteiger partial charge in [-0.25, -0.2) is 4.79 Å². The van der Waals surface area contributed by atoms with Gasteiger partial charge >= 0.3 is 5.97 Å². The van der Waals surface area contributed by atoms with E-state index in [1.165, 1.54) is 36.4 Å². The number of allylic oxidation sites excluding steroid dienone is 1. The molecule has 2 N–H and O–H groups in total. The largest absolute Gasteiger partial charge is 0.508 e. The highest BCUT2D eigenvalue weighted by Crippen LogP contribution is 2.34. The van der Waals surface area contributed by atoms with Crippen LogP contribution in [0.5, 0.6) is 11.5 Å². The van der Waals surface area contributed by atoms with Crippen LogP contribution in [0.1, 0.15) is 26.3 Å². The zero-order valence-corrected chi connectivity index (χ0v) is 10.7. The smallest absolute Gasteiger partial charge is 0.335 e. The van der Waals surface area contributed by atoms with Crippen LogP contribution in [0.4, 0.5) is 0 Å². The van der Waals surface area contributed by atoms with E-state index in [1.54, 1.807) is 12.1 Å². The van der Waals surface area contributed by atoms with E-state index in [4.69, 9.17) is 9.84 Å². The number of Topliss-reactive ketones (excluding diaryl/α,β-unsaturated/α-hetero) is 1. The van der Waals surface area contributed by atoms with Crippen LogP contribution in [-0.2, 0) is 0 Å². The third kappa shape index (κ3) is 2.36. The summed E-state index contributed by atoms with van der Waals surface area (Å²) in [5, 5.41) is 18.3. The van der Waals surface area contributed by atoms with Gasteiger partial charge in [-0.2, -0.15) is 0 Å². The highest BCUT2D eigenvalue weighted by atomic mass is 16.5. The number of aromatic hydroxyl groups is 1. The Balaban J connectivity index is 1.97. The minimum absolute atomic E-state index is 0.00988. The van der Waals surface area contributed by atoms with Gasteiger partial charge in [0.15, 0.2) is 5.76 Å². The number of carbonyl (C=O) groups excluding carboxylic acids is 1. The molecule has 5 heteroatoms. The molecule has 104 valence electrons. The first kappa shape index (κ1) is 12.9. The van der Waals surface area contributed by atoms with E-state index >= 15 is 0 Å². The molecule has 2 aromatic carbocycles. The van der Waals surface area contributed by atoms with E-state index in [0.717, 1.165) is 0 Å². The number of carboxylic acids is 1. The van der Waals surface area contributed by atoms with Gasteiger partial charge in [-0.15, -0.1) is 0 Å². The van der Waals surface area contributed by atoms with Gasteiger partial charge in [-0.05, 0) is 35.9 Å². The van der Waals surface area contributed by atoms with Crippen LogP contribution in [0.15, 0.2) is 48.2 Å². The zero-order chi connectivity index (χ0) is 15.0. The summed E-state index contributed by atoms with van der Waals surface area (Å²) in [5.41, 5.74) is 1.05. The minimum Gasteiger partial charge on any atom is -0.508 e. The predicted molar refractivity (Wildman–Crippen MR) is 74.4 cm³/mol. The van der Waals surface area contributed by atoms with Gasteiger partial charge in [-0.3, -0.25) is 4.79 Å². The number of fused-ring (bicyclic) bond motifs is 1. The summed E-state index contributed by atoms with van der Waals surface area (Å²) in [6.45, 7) is 0. The third-order valence-electron chi connectivity index (χ3n) is 3.08. The summed E-state index contributed by atoms with van der Waals surface area (Å²) in [6.07, 6.45) is 1.48. The Hall–Kier alpha value is -3.08. The standard InChI is InChI=1S/C16H10O5/c17-11-4-5-12-13(8-11)21-14(15(12)18)7-9-2-1-3-10(6-9)16(19)20/h1-8,17H,(H,19,20)/b14-7-. The lowest BCUT2D eigenvalue weighted by molar-refractivity contribution is 0.0696. The Labute approximate surface area is 119 Å². The first-order chi connectivity index (χ1) is 10.0. The molecule has 0 atom stereocenters. The van der Waals surface area contributed by atoms with E-state index in [2.05, 4.69) is 0 Å². The van der Waals surface area contributed by atoms with Crippen molar-refractivity contribution in [1.29, 1.82) is 0 Å². The number of carboxylic acid groups (broad SMARTS) is 1. The average Bonchev–Trinajstić information content (AvgIpc) is 2.75. The van der Waals surface area contributed by atoms with Crippen LogP contribution < -0.4 is 4.74 Å². The van der Waals surface area contributed by atoms with Crippen molar-refractivity contribution < 1.29 is 24.5 Å². The lowest BCUT2D eigenvalue weighted by Gasteiger charge is -2.00. The second-order valence-electron chi connectivity index (χ2n) is 4.55. The fraction of sp³-hybridized carbons (Fsp3) is 0. The van der Waals surface area contributed by atoms with E-state index in [-0.39, 0.29) is 22.9 Å². The Morgan fingerprint density at radius 1 is 1.14 bits per heavy atom. The summed E-state index contributed by atoms with van der Waals surface area (Å²) in [5.74, 6) is -0.942. The number of hydrogen-bond donors (Lipinski definition) is 2. The Morgan fingerprint density at radius 2 is 1.95 bits per heavy atom. The zero-order valence-electron chi connectivity index (χ0n) is 10.7. The van der Waals surface area contributed by atoms with Crippen molar-refractivity contribution in [3.8, 4) is 11.5 Å². The number of phenols is 1. The van der Waals surface area contributed by atoms with Crippen molar-refractivity contribution in [2.24, 2.45) is 0 Å². The van der Waals surface area contributed by atoms with Crippen molar-refractivity contribution in [2.75, 3.05) is 0 Å². The monoisotopic (exact) mass is 282 g/mol. The normalized spacial score (nSPS) is 14.9. The molecule has 1 aliphatic rings. The van der Waals surface area contributed by atoms with Crippen LogP contribution in [0, 0.1) is 0 Å². The second kappa shape index (κ2) is 4.79. The van der Waals surface area contributed by atoms with Gasteiger partial charge in [-0.1, -0.05) is 12.1 Å². The quantitative estimate of drug-likeness (QED) is 0.827. The molecular formula is C16H10O5. The van der Waals surface area contributed by atoms with Crippen LogP contribution >= 0.6 is 0 Å². The molecular weight excluding hydrogens is 272 g/mol. The maximum atomic E-state index is 12.1.